The molecule has 2 N–H and O–H groups in total. The van der Waals surface area contributed by atoms with Gasteiger partial charge in [-0.25, -0.2) is 0 Å². The molecule has 0 bridgehead atoms. The van der Waals surface area contributed by atoms with Crippen LogP contribution in [0.4, 0.5) is 0 Å². The maximum Gasteiger partial charge on any atom is 0.239 e. The van der Waals surface area contributed by atoms with E-state index in [0.29, 0.717) is 5.56 Å². The minimum Gasteiger partial charge on any atom is -0.374 e. The van der Waals surface area contributed by atoms with Gasteiger partial charge < -0.3 is 10.1 Å². The molecule has 1 aliphatic heterocycles. The van der Waals surface area contributed by atoms with Gasteiger partial charge in [0.25, 0.3) is 0 Å². The van der Waals surface area contributed by atoms with E-state index >= 15 is 0 Å². The number of carbonyl (C=O) groups excluding carboxylic acids is 1. The zero-order valence-corrected chi connectivity index (χ0v) is 17.4. The van der Waals surface area contributed by atoms with Gasteiger partial charge in [0.2, 0.25) is 5.91 Å². The monoisotopic (exact) mass is 390 g/mol. The molecule has 2 aromatic rings. The molecule has 0 spiro atoms. The SMILES string of the molecule is COC(C)(C)c1ccc([C@H]2C(=O)N(C)C(=N)N[C@]2(C)c2cccc(C#N)c2)cc1. The van der Waals surface area contributed by atoms with Crippen molar-refractivity contribution in [3.05, 3.63) is 70.8 Å². The van der Waals surface area contributed by atoms with Crippen LogP contribution in [0.25, 0.3) is 0 Å². The van der Waals surface area contributed by atoms with Crippen molar-refractivity contribution >= 4 is 11.9 Å². The summed E-state index contributed by atoms with van der Waals surface area (Å²) in [7, 11) is 3.26. The Labute approximate surface area is 171 Å². The zero-order valence-electron chi connectivity index (χ0n) is 17.4. The van der Waals surface area contributed by atoms with Crippen LogP contribution < -0.4 is 5.32 Å². The Morgan fingerprint density at radius 2 is 1.90 bits per heavy atom. The predicted octanol–water partition coefficient (Wildman–Crippen LogP) is 3.44. The van der Waals surface area contributed by atoms with Gasteiger partial charge in [0, 0.05) is 14.2 Å². The van der Waals surface area contributed by atoms with E-state index < -0.39 is 17.1 Å². The maximum atomic E-state index is 13.3. The summed E-state index contributed by atoms with van der Waals surface area (Å²) >= 11 is 0. The average molecular weight is 390 g/mol. The number of nitriles is 1. The molecule has 3 rings (SSSR count). The van der Waals surface area contributed by atoms with Crippen LogP contribution in [-0.4, -0.2) is 30.9 Å². The number of benzene rings is 2. The molecule has 0 aromatic heterocycles. The molecule has 0 radical (unpaired) electrons. The summed E-state index contributed by atoms with van der Waals surface area (Å²) in [4.78, 5) is 14.6. The third kappa shape index (κ3) is 3.50. The summed E-state index contributed by atoms with van der Waals surface area (Å²) in [5.41, 5.74) is 1.84. The summed E-state index contributed by atoms with van der Waals surface area (Å²) in [5, 5.41) is 20.7. The molecule has 1 fully saturated rings. The van der Waals surface area contributed by atoms with Gasteiger partial charge in [-0.05, 0) is 49.6 Å². The fourth-order valence-corrected chi connectivity index (χ4v) is 3.77. The normalized spacial score (nSPS) is 22.2. The summed E-state index contributed by atoms with van der Waals surface area (Å²) < 4.78 is 5.55. The van der Waals surface area contributed by atoms with Gasteiger partial charge in [-0.3, -0.25) is 15.1 Å². The van der Waals surface area contributed by atoms with Crippen LogP contribution in [0.15, 0.2) is 48.5 Å². The Balaban J connectivity index is 2.13. The van der Waals surface area contributed by atoms with Gasteiger partial charge in [0.1, 0.15) is 0 Å². The fourth-order valence-electron chi connectivity index (χ4n) is 3.77. The molecule has 29 heavy (non-hydrogen) atoms. The first-order valence-electron chi connectivity index (χ1n) is 9.44. The lowest BCUT2D eigenvalue weighted by molar-refractivity contribution is -0.131. The third-order valence-corrected chi connectivity index (χ3v) is 5.91. The topological polar surface area (TPSA) is 89.2 Å². The second-order valence-electron chi connectivity index (χ2n) is 8.04. The quantitative estimate of drug-likeness (QED) is 0.837. The number of carbonyl (C=O) groups is 1. The van der Waals surface area contributed by atoms with Crippen molar-refractivity contribution in [1.29, 1.82) is 10.7 Å². The highest BCUT2D eigenvalue weighted by Gasteiger charge is 2.48. The Kier molecular flexibility index (Phi) is 5.20. The summed E-state index contributed by atoms with van der Waals surface area (Å²) in [5.74, 6) is -0.694. The lowest BCUT2D eigenvalue weighted by Gasteiger charge is -2.46. The molecule has 2 aromatic carbocycles. The molecule has 1 heterocycles. The van der Waals surface area contributed by atoms with E-state index in [1.165, 1.54) is 4.90 Å². The van der Waals surface area contributed by atoms with E-state index in [9.17, 15) is 10.1 Å². The molecular weight excluding hydrogens is 364 g/mol. The maximum absolute atomic E-state index is 13.3. The molecule has 1 aliphatic rings. The second kappa shape index (κ2) is 7.34. The number of amides is 1. The molecule has 1 saturated heterocycles. The van der Waals surface area contributed by atoms with Crippen molar-refractivity contribution in [3.63, 3.8) is 0 Å². The van der Waals surface area contributed by atoms with Crippen LogP contribution in [0.1, 0.15) is 48.9 Å². The van der Waals surface area contributed by atoms with Gasteiger partial charge in [0.15, 0.2) is 5.96 Å². The highest BCUT2D eigenvalue weighted by molar-refractivity contribution is 6.02. The molecule has 1 amide bonds. The molecule has 0 saturated carbocycles. The number of rotatable bonds is 4. The highest BCUT2D eigenvalue weighted by atomic mass is 16.5. The number of ether oxygens (including phenoxy) is 1. The lowest BCUT2D eigenvalue weighted by atomic mass is 9.73. The summed E-state index contributed by atoms with van der Waals surface area (Å²) in [6.07, 6.45) is 0. The smallest absolute Gasteiger partial charge is 0.239 e. The number of guanidine groups is 1. The molecule has 6 heteroatoms. The molecule has 150 valence electrons. The minimum atomic E-state index is -0.869. The summed E-state index contributed by atoms with van der Waals surface area (Å²) in [6, 6.07) is 17.2. The van der Waals surface area contributed by atoms with Crippen molar-refractivity contribution in [1.82, 2.24) is 10.2 Å². The van der Waals surface area contributed by atoms with E-state index in [2.05, 4.69) is 11.4 Å². The van der Waals surface area contributed by atoms with E-state index in [-0.39, 0.29) is 11.9 Å². The Bertz CT molecular complexity index is 991. The molecule has 0 unspecified atom stereocenters. The van der Waals surface area contributed by atoms with Gasteiger partial charge in [0.05, 0.1) is 28.7 Å². The Morgan fingerprint density at radius 3 is 2.48 bits per heavy atom. The summed E-state index contributed by atoms with van der Waals surface area (Å²) in [6.45, 7) is 5.88. The van der Waals surface area contributed by atoms with Crippen LogP contribution in [-0.2, 0) is 20.7 Å². The zero-order chi connectivity index (χ0) is 21.4. The molecular formula is C23H26N4O2. The Morgan fingerprint density at radius 1 is 1.24 bits per heavy atom. The largest absolute Gasteiger partial charge is 0.374 e. The molecule has 6 nitrogen and oxygen atoms in total. The van der Waals surface area contributed by atoms with Crippen LogP contribution in [0, 0.1) is 16.7 Å². The van der Waals surface area contributed by atoms with E-state index in [1.54, 1.807) is 32.4 Å². The van der Waals surface area contributed by atoms with Crippen LogP contribution in [0.2, 0.25) is 0 Å². The number of hydrogen-bond acceptors (Lipinski definition) is 4. The lowest BCUT2D eigenvalue weighted by Crippen LogP contribution is -2.62. The standard InChI is InChI=1S/C23H26N4O2/c1-22(2,29-5)17-11-9-16(10-12-17)19-20(28)27(4)21(25)26-23(19,3)18-8-6-7-15(13-18)14-24/h6-13,19H,1-5H3,(H2,25,26)/t19-,23+/m0/s1. The minimum absolute atomic E-state index is 0.0354. The van der Waals surface area contributed by atoms with Crippen molar-refractivity contribution in [3.8, 4) is 6.07 Å². The van der Waals surface area contributed by atoms with E-state index in [1.807, 2.05) is 51.1 Å². The first-order valence-corrected chi connectivity index (χ1v) is 9.44. The number of nitrogens with one attached hydrogen (secondary N) is 2. The fraction of sp³-hybridized carbons (Fsp3) is 0.348. The number of hydrogen-bond donors (Lipinski definition) is 2. The van der Waals surface area contributed by atoms with E-state index in [4.69, 9.17) is 10.1 Å². The van der Waals surface area contributed by atoms with Crippen molar-refractivity contribution in [2.24, 2.45) is 0 Å². The van der Waals surface area contributed by atoms with Gasteiger partial charge in [-0.2, -0.15) is 5.26 Å². The van der Waals surface area contributed by atoms with E-state index in [0.717, 1.165) is 16.7 Å². The number of likely N-dealkylation sites (N-methyl/N-ethyl adjacent to an activating group) is 1. The third-order valence-electron chi connectivity index (χ3n) is 5.91. The number of nitrogens with zero attached hydrogens (tertiary/aromatic N) is 2. The van der Waals surface area contributed by atoms with Crippen LogP contribution in [0.5, 0.6) is 0 Å². The molecule has 0 aliphatic carbocycles. The van der Waals surface area contributed by atoms with Crippen molar-refractivity contribution < 1.29 is 9.53 Å². The van der Waals surface area contributed by atoms with Crippen LogP contribution in [0.3, 0.4) is 0 Å². The van der Waals surface area contributed by atoms with Gasteiger partial charge >= 0.3 is 0 Å². The Hall–Kier alpha value is -3.17. The van der Waals surface area contributed by atoms with Crippen LogP contribution >= 0.6 is 0 Å². The number of methoxy groups -OCH3 is 1. The highest BCUT2D eigenvalue weighted by Crippen LogP contribution is 2.41. The van der Waals surface area contributed by atoms with Gasteiger partial charge in [-0.15, -0.1) is 0 Å². The average Bonchev–Trinajstić information content (AvgIpc) is 2.72. The van der Waals surface area contributed by atoms with Crippen molar-refractivity contribution in [2.45, 2.75) is 37.8 Å². The predicted molar refractivity (Wildman–Crippen MR) is 111 cm³/mol. The first-order chi connectivity index (χ1) is 13.6. The second-order valence-corrected chi connectivity index (χ2v) is 8.04. The van der Waals surface area contributed by atoms with Crippen molar-refractivity contribution in [2.75, 3.05) is 14.2 Å². The van der Waals surface area contributed by atoms with Gasteiger partial charge in [-0.1, -0.05) is 36.4 Å². The first kappa shape index (κ1) is 20.6. The molecule has 2 atom stereocenters.